The topological polar surface area (TPSA) is 68.9 Å². The Bertz CT molecular complexity index is 769. The van der Waals surface area contributed by atoms with Gasteiger partial charge in [-0.1, -0.05) is 5.16 Å². The Morgan fingerprint density at radius 1 is 1.45 bits per heavy atom. The summed E-state index contributed by atoms with van der Waals surface area (Å²) >= 11 is 1.52. The second kappa shape index (κ2) is 5.04. The van der Waals surface area contributed by atoms with Gasteiger partial charge in [0.05, 0.1) is 16.6 Å². The molecule has 0 bridgehead atoms. The summed E-state index contributed by atoms with van der Waals surface area (Å²) in [6, 6.07) is 3.71. The van der Waals surface area contributed by atoms with Gasteiger partial charge >= 0.3 is 0 Å². The van der Waals surface area contributed by atoms with Crippen LogP contribution in [0.25, 0.3) is 21.6 Å². The molecule has 102 valence electrons. The average Bonchev–Trinajstić information content (AvgIpc) is 3.05. The molecule has 0 aliphatic rings. The van der Waals surface area contributed by atoms with E-state index in [1.54, 1.807) is 6.20 Å². The van der Waals surface area contributed by atoms with E-state index >= 15 is 0 Å². The molecule has 0 atom stereocenters. The lowest BCUT2D eigenvalue weighted by Crippen LogP contribution is -2.12. The SMILES string of the molecule is O=C(Cc1nc(-c2cnc3ccsc3c2)no1)C(F)F. The highest BCUT2D eigenvalue weighted by molar-refractivity contribution is 7.17. The Morgan fingerprint density at radius 2 is 2.30 bits per heavy atom. The van der Waals surface area contributed by atoms with Crippen LogP contribution >= 0.6 is 11.3 Å². The lowest BCUT2D eigenvalue weighted by Gasteiger charge is -1.94. The van der Waals surface area contributed by atoms with E-state index in [0.717, 1.165) is 10.2 Å². The van der Waals surface area contributed by atoms with Gasteiger partial charge in [-0.2, -0.15) is 4.98 Å². The summed E-state index contributed by atoms with van der Waals surface area (Å²) in [6.07, 6.45) is -2.03. The number of hydrogen-bond acceptors (Lipinski definition) is 6. The number of halogens is 2. The quantitative estimate of drug-likeness (QED) is 0.740. The largest absolute Gasteiger partial charge is 0.338 e. The Labute approximate surface area is 115 Å². The van der Waals surface area contributed by atoms with Crippen molar-refractivity contribution in [3.8, 4) is 11.4 Å². The molecule has 0 aromatic carbocycles. The number of ketones is 1. The molecule has 20 heavy (non-hydrogen) atoms. The number of Topliss-reactive ketones (excluding diaryl/α,β-unsaturated/α-hetero) is 1. The Balaban J connectivity index is 1.87. The van der Waals surface area contributed by atoms with E-state index in [4.69, 9.17) is 4.52 Å². The van der Waals surface area contributed by atoms with Gasteiger partial charge in [0, 0.05) is 11.8 Å². The van der Waals surface area contributed by atoms with Crippen molar-refractivity contribution in [2.45, 2.75) is 12.8 Å². The second-order valence-electron chi connectivity index (χ2n) is 3.98. The molecule has 0 aliphatic heterocycles. The van der Waals surface area contributed by atoms with Crippen LogP contribution in [0.2, 0.25) is 0 Å². The molecule has 3 rings (SSSR count). The fraction of sp³-hybridized carbons (Fsp3) is 0.167. The Hall–Kier alpha value is -2.22. The van der Waals surface area contributed by atoms with Gasteiger partial charge in [0.1, 0.15) is 0 Å². The number of pyridine rings is 1. The van der Waals surface area contributed by atoms with Crippen LogP contribution in [0.4, 0.5) is 8.78 Å². The Kier molecular flexibility index (Phi) is 3.23. The van der Waals surface area contributed by atoms with Crippen molar-refractivity contribution >= 4 is 27.3 Å². The van der Waals surface area contributed by atoms with Crippen molar-refractivity contribution in [3.63, 3.8) is 0 Å². The lowest BCUT2D eigenvalue weighted by atomic mass is 10.2. The zero-order valence-electron chi connectivity index (χ0n) is 9.92. The van der Waals surface area contributed by atoms with E-state index < -0.39 is 18.6 Å². The van der Waals surface area contributed by atoms with Gasteiger partial charge in [0.15, 0.2) is 0 Å². The molecule has 3 heterocycles. The van der Waals surface area contributed by atoms with Crippen LogP contribution in [0, 0.1) is 0 Å². The molecule has 0 spiro atoms. The first-order chi connectivity index (χ1) is 9.63. The van der Waals surface area contributed by atoms with Gasteiger partial charge in [-0.3, -0.25) is 9.78 Å². The third-order valence-electron chi connectivity index (χ3n) is 2.60. The number of carbonyl (C=O) groups is 1. The third-order valence-corrected chi connectivity index (χ3v) is 3.45. The second-order valence-corrected chi connectivity index (χ2v) is 4.93. The summed E-state index contributed by atoms with van der Waals surface area (Å²) in [6.45, 7) is 0. The smallest absolute Gasteiger partial charge is 0.296 e. The van der Waals surface area contributed by atoms with Gasteiger partial charge in [-0.15, -0.1) is 11.3 Å². The average molecular weight is 295 g/mol. The minimum atomic E-state index is -3.03. The van der Waals surface area contributed by atoms with Crippen LogP contribution < -0.4 is 0 Å². The third kappa shape index (κ3) is 2.42. The van der Waals surface area contributed by atoms with E-state index in [-0.39, 0.29) is 11.7 Å². The van der Waals surface area contributed by atoms with E-state index in [9.17, 15) is 13.6 Å². The summed E-state index contributed by atoms with van der Waals surface area (Å²) in [5.74, 6) is -1.14. The molecule has 0 saturated heterocycles. The molecule has 0 fully saturated rings. The van der Waals surface area contributed by atoms with E-state index in [0.29, 0.717) is 5.56 Å². The summed E-state index contributed by atoms with van der Waals surface area (Å²) < 4.78 is 30.0. The first-order valence-electron chi connectivity index (χ1n) is 5.60. The van der Waals surface area contributed by atoms with E-state index in [1.807, 2.05) is 17.5 Å². The molecular formula is C12H7F2N3O2S. The molecule has 0 N–H and O–H groups in total. The predicted molar refractivity (Wildman–Crippen MR) is 67.6 cm³/mol. The number of rotatable bonds is 4. The maximum Gasteiger partial charge on any atom is 0.296 e. The molecule has 3 aromatic heterocycles. The minimum Gasteiger partial charge on any atom is -0.338 e. The number of fused-ring (bicyclic) bond motifs is 1. The van der Waals surface area contributed by atoms with Crippen LogP contribution in [0.1, 0.15) is 5.89 Å². The fourth-order valence-electron chi connectivity index (χ4n) is 1.64. The van der Waals surface area contributed by atoms with Crippen LogP contribution in [-0.4, -0.2) is 27.3 Å². The summed E-state index contributed by atoms with van der Waals surface area (Å²) in [4.78, 5) is 19.1. The van der Waals surface area contributed by atoms with E-state index in [2.05, 4.69) is 15.1 Å². The fourth-order valence-corrected chi connectivity index (χ4v) is 2.42. The van der Waals surface area contributed by atoms with Crippen molar-refractivity contribution in [1.82, 2.24) is 15.1 Å². The van der Waals surface area contributed by atoms with Gasteiger partial charge in [-0.05, 0) is 17.5 Å². The molecule has 0 aliphatic carbocycles. The van der Waals surface area contributed by atoms with Gasteiger partial charge in [0.25, 0.3) is 6.43 Å². The van der Waals surface area contributed by atoms with Crippen molar-refractivity contribution in [1.29, 1.82) is 0 Å². The van der Waals surface area contributed by atoms with Gasteiger partial charge in [-0.25, -0.2) is 8.78 Å². The van der Waals surface area contributed by atoms with Crippen molar-refractivity contribution in [2.75, 3.05) is 0 Å². The number of alkyl halides is 2. The first-order valence-corrected chi connectivity index (χ1v) is 6.48. The monoisotopic (exact) mass is 295 g/mol. The van der Waals surface area contributed by atoms with Gasteiger partial charge in [0.2, 0.25) is 17.5 Å². The molecule has 8 heteroatoms. The number of aromatic nitrogens is 3. The molecule has 0 radical (unpaired) electrons. The zero-order valence-corrected chi connectivity index (χ0v) is 10.7. The highest BCUT2D eigenvalue weighted by atomic mass is 32.1. The lowest BCUT2D eigenvalue weighted by molar-refractivity contribution is -0.129. The summed E-state index contributed by atoms with van der Waals surface area (Å²) in [7, 11) is 0. The number of thiophene rings is 1. The van der Waals surface area contributed by atoms with Crippen molar-refractivity contribution in [2.24, 2.45) is 0 Å². The normalized spacial score (nSPS) is 11.3. The molecule has 3 aromatic rings. The van der Waals surface area contributed by atoms with Crippen molar-refractivity contribution < 1.29 is 18.1 Å². The number of hydrogen-bond donors (Lipinski definition) is 0. The van der Waals surface area contributed by atoms with E-state index in [1.165, 1.54) is 11.3 Å². The predicted octanol–water partition coefficient (Wildman–Crippen LogP) is 2.72. The zero-order chi connectivity index (χ0) is 14.1. The van der Waals surface area contributed by atoms with Crippen LogP contribution in [0.3, 0.4) is 0 Å². The van der Waals surface area contributed by atoms with Crippen molar-refractivity contribution in [3.05, 3.63) is 29.6 Å². The summed E-state index contributed by atoms with van der Waals surface area (Å²) in [5.41, 5.74) is 1.47. The number of nitrogens with zero attached hydrogens (tertiary/aromatic N) is 3. The number of carbonyl (C=O) groups excluding carboxylic acids is 1. The molecular weight excluding hydrogens is 288 g/mol. The molecule has 5 nitrogen and oxygen atoms in total. The Morgan fingerprint density at radius 3 is 3.10 bits per heavy atom. The highest BCUT2D eigenvalue weighted by Crippen LogP contribution is 2.24. The maximum absolute atomic E-state index is 12.1. The summed E-state index contributed by atoms with van der Waals surface area (Å²) in [5, 5.41) is 5.58. The van der Waals surface area contributed by atoms with Crippen LogP contribution in [-0.2, 0) is 11.2 Å². The molecule has 0 amide bonds. The van der Waals surface area contributed by atoms with Crippen LogP contribution in [0.15, 0.2) is 28.2 Å². The molecule has 0 unspecified atom stereocenters. The van der Waals surface area contributed by atoms with Gasteiger partial charge < -0.3 is 4.52 Å². The highest BCUT2D eigenvalue weighted by Gasteiger charge is 2.20. The minimum absolute atomic E-state index is 0.128. The standard InChI is InChI=1S/C12H7F2N3O2S/c13-11(14)8(18)4-10-16-12(17-19-10)6-3-9-7(15-5-6)1-2-20-9/h1-3,5,11H,4H2. The maximum atomic E-state index is 12.1. The first kappa shape index (κ1) is 12.8. The molecule has 0 saturated carbocycles. The van der Waals surface area contributed by atoms with Crippen LogP contribution in [0.5, 0.6) is 0 Å².